The van der Waals surface area contributed by atoms with Crippen molar-refractivity contribution in [3.8, 4) is 0 Å². The molecule has 0 bridgehead atoms. The summed E-state index contributed by atoms with van der Waals surface area (Å²) >= 11 is 0. The molecule has 0 aliphatic heterocycles. The van der Waals surface area contributed by atoms with Gasteiger partial charge in [-0.15, -0.1) is 0 Å². The van der Waals surface area contributed by atoms with Crippen molar-refractivity contribution in [1.29, 1.82) is 0 Å². The molecule has 3 rings (SSSR count). The molecule has 7 heteroatoms. The average Bonchev–Trinajstić information content (AvgIpc) is 3.12. The molecule has 2 aromatic rings. The minimum atomic E-state index is -0.448. The van der Waals surface area contributed by atoms with Gasteiger partial charge in [0.2, 0.25) is 0 Å². The molecule has 0 radical (unpaired) electrons. The Labute approximate surface area is 146 Å². The quantitative estimate of drug-likeness (QED) is 0.439. The lowest BCUT2D eigenvalue weighted by atomic mass is 9.96. The Bertz CT molecular complexity index is 781. The van der Waals surface area contributed by atoms with Gasteiger partial charge in [-0.25, -0.2) is 4.98 Å². The number of fused-ring (bicyclic) bond motifs is 1. The molecule has 7 nitrogen and oxygen atoms in total. The highest BCUT2D eigenvalue weighted by Gasteiger charge is 2.11. The van der Waals surface area contributed by atoms with Gasteiger partial charge in [0.1, 0.15) is 0 Å². The predicted molar refractivity (Wildman–Crippen MR) is 97.3 cm³/mol. The highest BCUT2D eigenvalue weighted by atomic mass is 16.6. The lowest BCUT2D eigenvalue weighted by Crippen LogP contribution is -2.23. The van der Waals surface area contributed by atoms with E-state index in [0.29, 0.717) is 12.4 Å². The standard InChI is InChI=1S/C18H21N5O2/c24-23(25)13-18(20-9-4-11-22-12-10-19-14-22)21-17-8-3-6-15-5-1-2-7-16(15)17/h2-3,6-8,10,12-14,20-21H,1,4-5,9,11H2/b18-13+. The van der Waals surface area contributed by atoms with Crippen LogP contribution in [0, 0.1) is 10.1 Å². The zero-order valence-corrected chi connectivity index (χ0v) is 13.9. The van der Waals surface area contributed by atoms with Crippen molar-refractivity contribution in [2.24, 2.45) is 0 Å². The number of rotatable bonds is 8. The fourth-order valence-corrected chi connectivity index (χ4v) is 2.85. The summed E-state index contributed by atoms with van der Waals surface area (Å²) < 4.78 is 1.98. The molecule has 0 saturated heterocycles. The molecule has 1 aliphatic rings. The molecular weight excluding hydrogens is 318 g/mol. The van der Waals surface area contributed by atoms with E-state index in [0.717, 1.165) is 43.3 Å². The van der Waals surface area contributed by atoms with Crippen molar-refractivity contribution in [2.45, 2.75) is 25.8 Å². The Balaban J connectivity index is 1.64. The summed E-state index contributed by atoms with van der Waals surface area (Å²) in [6.07, 6.45) is 13.4. The first-order chi connectivity index (χ1) is 12.2. The Kier molecular flexibility index (Phi) is 5.46. The molecule has 0 amide bonds. The van der Waals surface area contributed by atoms with Gasteiger partial charge in [0.15, 0.2) is 5.82 Å². The second kappa shape index (κ2) is 8.14. The fourth-order valence-electron chi connectivity index (χ4n) is 2.85. The summed E-state index contributed by atoms with van der Waals surface area (Å²) in [5, 5.41) is 17.2. The monoisotopic (exact) mass is 339 g/mol. The van der Waals surface area contributed by atoms with E-state index in [1.807, 2.05) is 22.9 Å². The van der Waals surface area contributed by atoms with Crippen LogP contribution < -0.4 is 10.6 Å². The Morgan fingerprint density at radius 1 is 1.44 bits per heavy atom. The van der Waals surface area contributed by atoms with Crippen molar-refractivity contribution in [1.82, 2.24) is 14.9 Å². The van der Waals surface area contributed by atoms with Gasteiger partial charge in [-0.3, -0.25) is 10.1 Å². The van der Waals surface area contributed by atoms with Crippen LogP contribution >= 0.6 is 0 Å². The number of nitrogens with one attached hydrogen (secondary N) is 2. The molecule has 1 aromatic heterocycles. The molecule has 2 N–H and O–H groups in total. The van der Waals surface area contributed by atoms with Gasteiger partial charge in [-0.05, 0) is 30.9 Å². The maximum absolute atomic E-state index is 10.9. The van der Waals surface area contributed by atoms with E-state index in [9.17, 15) is 10.1 Å². The Morgan fingerprint density at radius 2 is 2.36 bits per heavy atom. The molecule has 0 unspecified atom stereocenters. The second-order valence-corrected chi connectivity index (χ2v) is 5.85. The summed E-state index contributed by atoms with van der Waals surface area (Å²) in [6, 6.07) is 6.01. The number of nitrogens with zero attached hydrogens (tertiary/aromatic N) is 3. The predicted octanol–water partition coefficient (Wildman–Crippen LogP) is 3.01. The van der Waals surface area contributed by atoms with Crippen LogP contribution in [0.2, 0.25) is 0 Å². The first-order valence-corrected chi connectivity index (χ1v) is 8.33. The first-order valence-electron chi connectivity index (χ1n) is 8.33. The van der Waals surface area contributed by atoms with E-state index in [1.165, 1.54) is 5.56 Å². The summed E-state index contributed by atoms with van der Waals surface area (Å²) in [5.41, 5.74) is 3.24. The van der Waals surface area contributed by atoms with Crippen LogP contribution in [0.3, 0.4) is 0 Å². The van der Waals surface area contributed by atoms with Gasteiger partial charge < -0.3 is 15.2 Å². The van der Waals surface area contributed by atoms with Crippen molar-refractivity contribution >= 4 is 11.8 Å². The SMILES string of the molecule is O=[N+]([O-])/C=C(\NCCCn1ccnc1)Nc1cccc2c1C=CCC2. The van der Waals surface area contributed by atoms with Crippen molar-refractivity contribution in [3.63, 3.8) is 0 Å². The van der Waals surface area contributed by atoms with Crippen molar-refractivity contribution in [3.05, 3.63) is 76.3 Å². The summed E-state index contributed by atoms with van der Waals surface area (Å²) in [4.78, 5) is 14.5. The van der Waals surface area contributed by atoms with Gasteiger partial charge in [0.05, 0.1) is 11.3 Å². The third-order valence-corrected chi connectivity index (χ3v) is 4.03. The zero-order valence-electron chi connectivity index (χ0n) is 13.9. The topological polar surface area (TPSA) is 85.0 Å². The molecule has 1 aliphatic carbocycles. The number of anilines is 1. The number of nitro groups is 1. The molecule has 1 aromatic carbocycles. The number of hydrogen-bond donors (Lipinski definition) is 2. The van der Waals surface area contributed by atoms with E-state index in [2.05, 4.69) is 33.8 Å². The van der Waals surface area contributed by atoms with Crippen LogP contribution in [0.1, 0.15) is 24.0 Å². The van der Waals surface area contributed by atoms with Gasteiger partial charge in [-0.2, -0.15) is 0 Å². The lowest BCUT2D eigenvalue weighted by molar-refractivity contribution is -0.403. The smallest absolute Gasteiger partial charge is 0.274 e. The summed E-state index contributed by atoms with van der Waals surface area (Å²) in [5.74, 6) is 0.392. The van der Waals surface area contributed by atoms with Crippen LogP contribution in [0.5, 0.6) is 0 Å². The third-order valence-electron chi connectivity index (χ3n) is 4.03. The molecule has 25 heavy (non-hydrogen) atoms. The van der Waals surface area contributed by atoms with Crippen LogP contribution in [0.4, 0.5) is 5.69 Å². The summed E-state index contributed by atoms with van der Waals surface area (Å²) in [7, 11) is 0. The average molecular weight is 339 g/mol. The molecule has 1 heterocycles. The Morgan fingerprint density at radius 3 is 3.16 bits per heavy atom. The first kappa shape index (κ1) is 16.8. The third kappa shape index (κ3) is 4.69. The molecular formula is C18H21N5O2. The normalized spacial score (nSPS) is 13.4. The molecule has 0 saturated carbocycles. The number of aryl methyl sites for hydroxylation is 2. The number of benzene rings is 1. The molecule has 0 atom stereocenters. The van der Waals surface area contributed by atoms with Gasteiger partial charge in [0, 0.05) is 36.7 Å². The lowest BCUT2D eigenvalue weighted by Gasteiger charge is -2.17. The second-order valence-electron chi connectivity index (χ2n) is 5.85. The zero-order chi connectivity index (χ0) is 17.5. The minimum absolute atomic E-state index is 0.392. The Hall–Kier alpha value is -3.09. The highest BCUT2D eigenvalue weighted by Crippen LogP contribution is 2.27. The van der Waals surface area contributed by atoms with Crippen molar-refractivity contribution < 1.29 is 4.92 Å². The number of imidazole rings is 1. The van der Waals surface area contributed by atoms with E-state index < -0.39 is 4.92 Å². The maximum Gasteiger partial charge on any atom is 0.274 e. The highest BCUT2D eigenvalue weighted by molar-refractivity contribution is 5.72. The number of allylic oxidation sites excluding steroid dienone is 1. The van der Waals surface area contributed by atoms with Gasteiger partial charge >= 0.3 is 0 Å². The van der Waals surface area contributed by atoms with Crippen LogP contribution in [-0.2, 0) is 13.0 Å². The van der Waals surface area contributed by atoms with Crippen LogP contribution in [-0.4, -0.2) is 21.0 Å². The number of hydrogen-bond acceptors (Lipinski definition) is 5. The van der Waals surface area contributed by atoms with Gasteiger partial charge in [-0.1, -0.05) is 24.3 Å². The number of aromatic nitrogens is 2. The fraction of sp³-hybridized carbons (Fsp3) is 0.278. The van der Waals surface area contributed by atoms with Crippen LogP contribution in [0.15, 0.2) is 55.0 Å². The minimum Gasteiger partial charge on any atom is -0.366 e. The van der Waals surface area contributed by atoms with Gasteiger partial charge in [0.25, 0.3) is 6.20 Å². The molecule has 0 fully saturated rings. The van der Waals surface area contributed by atoms with E-state index >= 15 is 0 Å². The molecule has 130 valence electrons. The van der Waals surface area contributed by atoms with E-state index in [4.69, 9.17) is 0 Å². The van der Waals surface area contributed by atoms with E-state index in [1.54, 1.807) is 12.5 Å². The van der Waals surface area contributed by atoms with E-state index in [-0.39, 0.29) is 0 Å². The molecule has 0 spiro atoms. The van der Waals surface area contributed by atoms with Crippen molar-refractivity contribution in [2.75, 3.05) is 11.9 Å². The largest absolute Gasteiger partial charge is 0.366 e. The maximum atomic E-state index is 10.9. The van der Waals surface area contributed by atoms with Crippen LogP contribution in [0.25, 0.3) is 6.08 Å². The summed E-state index contributed by atoms with van der Waals surface area (Å²) in [6.45, 7) is 1.43.